The molecule has 1 unspecified atom stereocenters. The molecule has 1 aliphatic heterocycles. The van der Waals surface area contributed by atoms with Gasteiger partial charge in [0.1, 0.15) is 6.67 Å². The number of nitriles is 1. The molecule has 0 N–H and O–H groups in total. The van der Waals surface area contributed by atoms with Crippen LogP contribution >= 0.6 is 0 Å². The number of nitrogens with zero attached hydrogens (tertiary/aromatic N) is 5. The van der Waals surface area contributed by atoms with Crippen LogP contribution in [0.2, 0.25) is 0 Å². The van der Waals surface area contributed by atoms with Gasteiger partial charge in [-0.1, -0.05) is 66.7 Å². The van der Waals surface area contributed by atoms with Crippen molar-refractivity contribution in [1.82, 2.24) is 14.1 Å². The SMILES string of the molecule is N#Cc1ccc2c(c1)CN(S(=O)(=O)c1ccccc1)C(Cc1ccccc1)CN2Cn1cc2ccccc2n1. The molecule has 0 saturated heterocycles. The average molecular weight is 534 g/mol. The highest BCUT2D eigenvalue weighted by molar-refractivity contribution is 7.89. The molecule has 4 aromatic carbocycles. The third-order valence-electron chi connectivity index (χ3n) is 7.15. The first-order chi connectivity index (χ1) is 19.0. The molecule has 0 aliphatic carbocycles. The molecule has 0 radical (unpaired) electrons. The topological polar surface area (TPSA) is 82.2 Å². The summed E-state index contributed by atoms with van der Waals surface area (Å²) in [6, 6.07) is 33.9. The lowest BCUT2D eigenvalue weighted by atomic mass is 10.1. The molecule has 1 aliphatic rings. The molecule has 2 heterocycles. The molecule has 5 aromatic rings. The molecule has 0 saturated carbocycles. The minimum Gasteiger partial charge on any atom is -0.350 e. The summed E-state index contributed by atoms with van der Waals surface area (Å²) in [4.78, 5) is 2.43. The first-order valence-corrected chi connectivity index (χ1v) is 14.3. The molecule has 1 aromatic heterocycles. The van der Waals surface area contributed by atoms with Crippen LogP contribution in [0.15, 0.2) is 114 Å². The normalized spacial score (nSPS) is 16.0. The van der Waals surface area contributed by atoms with E-state index in [9.17, 15) is 13.7 Å². The Balaban J connectivity index is 1.46. The van der Waals surface area contributed by atoms with Gasteiger partial charge in [0.25, 0.3) is 0 Å². The molecule has 6 rings (SSSR count). The Bertz CT molecular complexity index is 1730. The Labute approximate surface area is 228 Å². The van der Waals surface area contributed by atoms with E-state index in [0.717, 1.165) is 27.7 Å². The zero-order valence-corrected chi connectivity index (χ0v) is 22.1. The molecule has 194 valence electrons. The van der Waals surface area contributed by atoms with E-state index in [4.69, 9.17) is 5.10 Å². The standard InChI is InChI=1S/C31H27N5O2S/c32-19-25-15-16-31-27(17-25)21-36(39(37,38)29-12-5-2-6-13-29)28(18-24-9-3-1-4-10-24)22-34(31)23-35-20-26-11-7-8-14-30(26)33-35/h1-17,20,28H,18,21-23H2. The summed E-state index contributed by atoms with van der Waals surface area (Å²) < 4.78 is 31.7. The van der Waals surface area contributed by atoms with Crippen molar-refractivity contribution in [3.63, 3.8) is 0 Å². The highest BCUT2D eigenvalue weighted by atomic mass is 32.2. The van der Waals surface area contributed by atoms with Crippen molar-refractivity contribution in [1.29, 1.82) is 5.26 Å². The van der Waals surface area contributed by atoms with Gasteiger partial charge < -0.3 is 4.90 Å². The van der Waals surface area contributed by atoms with Crippen LogP contribution in [0.3, 0.4) is 0 Å². The van der Waals surface area contributed by atoms with Crippen LogP contribution in [0.4, 0.5) is 5.69 Å². The van der Waals surface area contributed by atoms with E-state index in [1.807, 2.05) is 77.6 Å². The van der Waals surface area contributed by atoms with Gasteiger partial charge in [-0.3, -0.25) is 4.68 Å². The van der Waals surface area contributed by atoms with E-state index >= 15 is 0 Å². The van der Waals surface area contributed by atoms with Gasteiger partial charge in [-0.25, -0.2) is 8.42 Å². The fourth-order valence-electron chi connectivity index (χ4n) is 5.29. The molecule has 0 amide bonds. The summed E-state index contributed by atoms with van der Waals surface area (Å²) in [6.45, 7) is 1.06. The largest absolute Gasteiger partial charge is 0.350 e. The van der Waals surface area contributed by atoms with Crippen molar-refractivity contribution in [3.05, 3.63) is 126 Å². The van der Waals surface area contributed by atoms with Crippen molar-refractivity contribution < 1.29 is 8.42 Å². The summed E-state index contributed by atoms with van der Waals surface area (Å²) in [5.74, 6) is 0. The number of aromatic nitrogens is 2. The maximum atomic E-state index is 14.1. The van der Waals surface area contributed by atoms with Crippen LogP contribution in [-0.2, 0) is 29.7 Å². The number of hydrogen-bond acceptors (Lipinski definition) is 5. The number of rotatable bonds is 6. The Hall–Kier alpha value is -4.45. The van der Waals surface area contributed by atoms with Gasteiger partial charge in [-0.2, -0.15) is 14.7 Å². The summed E-state index contributed by atoms with van der Waals surface area (Å²) in [7, 11) is -3.83. The predicted octanol–water partition coefficient (Wildman–Crippen LogP) is 5.19. The first-order valence-electron chi connectivity index (χ1n) is 12.8. The Morgan fingerprint density at radius 1 is 0.897 bits per heavy atom. The molecular weight excluding hydrogens is 506 g/mol. The quantitative estimate of drug-likeness (QED) is 0.300. The maximum absolute atomic E-state index is 14.1. The average Bonchev–Trinajstić information content (AvgIpc) is 3.31. The number of fused-ring (bicyclic) bond motifs is 2. The Kier molecular flexibility index (Phi) is 6.61. The van der Waals surface area contributed by atoms with Crippen molar-refractivity contribution in [2.75, 3.05) is 11.4 Å². The highest BCUT2D eigenvalue weighted by Gasteiger charge is 2.36. The van der Waals surface area contributed by atoms with Crippen LogP contribution in [0.1, 0.15) is 16.7 Å². The van der Waals surface area contributed by atoms with Crippen LogP contribution < -0.4 is 4.90 Å². The third kappa shape index (κ3) is 5.02. The van der Waals surface area contributed by atoms with Crippen LogP contribution in [0, 0.1) is 11.3 Å². The van der Waals surface area contributed by atoms with Gasteiger partial charge in [-0.15, -0.1) is 0 Å². The van der Waals surface area contributed by atoms with Gasteiger partial charge in [0.05, 0.1) is 22.0 Å². The van der Waals surface area contributed by atoms with E-state index in [1.54, 1.807) is 40.7 Å². The fraction of sp³-hybridized carbons (Fsp3) is 0.161. The van der Waals surface area contributed by atoms with Crippen LogP contribution in [-0.4, -0.2) is 35.1 Å². The second kappa shape index (κ2) is 10.4. The summed E-state index contributed by atoms with van der Waals surface area (Å²) in [5, 5.41) is 15.4. The van der Waals surface area contributed by atoms with Gasteiger partial charge >= 0.3 is 0 Å². The predicted molar refractivity (Wildman–Crippen MR) is 151 cm³/mol. The van der Waals surface area contributed by atoms with Crippen molar-refractivity contribution >= 4 is 26.6 Å². The maximum Gasteiger partial charge on any atom is 0.243 e. The summed E-state index contributed by atoms with van der Waals surface area (Å²) >= 11 is 0. The molecule has 0 fully saturated rings. The van der Waals surface area contributed by atoms with Gasteiger partial charge in [0.15, 0.2) is 0 Å². The van der Waals surface area contributed by atoms with E-state index in [-0.39, 0.29) is 17.5 Å². The molecule has 0 spiro atoms. The van der Waals surface area contributed by atoms with Gasteiger partial charge in [-0.05, 0) is 53.9 Å². The smallest absolute Gasteiger partial charge is 0.243 e. The Morgan fingerprint density at radius 2 is 1.62 bits per heavy atom. The minimum atomic E-state index is -3.83. The molecule has 8 heteroatoms. The van der Waals surface area contributed by atoms with Gasteiger partial charge in [0.2, 0.25) is 10.0 Å². The van der Waals surface area contributed by atoms with Gasteiger partial charge in [0, 0.05) is 36.4 Å². The monoisotopic (exact) mass is 533 g/mol. The third-order valence-corrected chi connectivity index (χ3v) is 9.07. The van der Waals surface area contributed by atoms with E-state index < -0.39 is 10.0 Å². The van der Waals surface area contributed by atoms with E-state index in [1.165, 1.54) is 0 Å². The fourth-order valence-corrected chi connectivity index (χ4v) is 6.90. The molecule has 1 atom stereocenters. The lowest BCUT2D eigenvalue weighted by Crippen LogP contribution is -2.46. The second-order valence-corrected chi connectivity index (χ2v) is 11.6. The van der Waals surface area contributed by atoms with Crippen molar-refractivity contribution in [3.8, 4) is 6.07 Å². The van der Waals surface area contributed by atoms with E-state index in [0.29, 0.717) is 25.2 Å². The second-order valence-electron chi connectivity index (χ2n) is 9.75. The molecular formula is C31H27N5O2S. The number of hydrogen-bond donors (Lipinski definition) is 0. The van der Waals surface area contributed by atoms with Crippen LogP contribution in [0.5, 0.6) is 0 Å². The highest BCUT2D eigenvalue weighted by Crippen LogP contribution is 2.33. The lowest BCUT2D eigenvalue weighted by molar-refractivity contribution is 0.314. The van der Waals surface area contributed by atoms with Crippen molar-refractivity contribution in [2.24, 2.45) is 0 Å². The minimum absolute atomic E-state index is 0.164. The molecule has 0 bridgehead atoms. The first kappa shape index (κ1) is 24.9. The number of anilines is 1. The summed E-state index contributed by atoms with van der Waals surface area (Å²) in [6.07, 6.45) is 2.55. The Morgan fingerprint density at radius 3 is 2.36 bits per heavy atom. The lowest BCUT2D eigenvalue weighted by Gasteiger charge is -2.32. The van der Waals surface area contributed by atoms with Crippen molar-refractivity contribution in [2.45, 2.75) is 30.6 Å². The zero-order chi connectivity index (χ0) is 26.8. The molecule has 7 nitrogen and oxygen atoms in total. The molecule has 39 heavy (non-hydrogen) atoms. The van der Waals surface area contributed by atoms with Crippen LogP contribution in [0.25, 0.3) is 10.9 Å². The number of sulfonamides is 1. The number of benzene rings is 4. The van der Waals surface area contributed by atoms with E-state index in [2.05, 4.69) is 11.0 Å². The zero-order valence-electron chi connectivity index (χ0n) is 21.3. The summed E-state index contributed by atoms with van der Waals surface area (Å²) in [5.41, 5.74) is 4.15.